The molecule has 6 nitrogen and oxygen atoms in total. The molecular weight excluding hydrogens is 318 g/mol. The molecule has 3 fully saturated rings. The SMILES string of the molecule is Cn1cc(C(=O)N2C[C@@H]3CCC[C@@]3(C(=O)O)C2)c(C2CCCCC2)n1. The zero-order valence-corrected chi connectivity index (χ0v) is 14.9. The van der Waals surface area contributed by atoms with Crippen molar-refractivity contribution in [2.45, 2.75) is 57.3 Å². The van der Waals surface area contributed by atoms with Crippen molar-refractivity contribution in [3.8, 4) is 0 Å². The average molecular weight is 345 g/mol. The van der Waals surface area contributed by atoms with Gasteiger partial charge in [0.1, 0.15) is 0 Å². The standard InChI is InChI=1S/C19H27N3O3/c1-21-11-15(16(20-21)13-6-3-2-4-7-13)17(23)22-10-14-8-5-9-19(14,12-22)18(24)25/h11,13-14H,2-10,12H2,1H3,(H,24,25)/t14-,19+/m0/s1. The van der Waals surface area contributed by atoms with E-state index in [2.05, 4.69) is 5.10 Å². The van der Waals surface area contributed by atoms with Gasteiger partial charge in [-0.25, -0.2) is 0 Å². The van der Waals surface area contributed by atoms with E-state index in [-0.39, 0.29) is 11.8 Å². The Morgan fingerprint density at radius 1 is 1.20 bits per heavy atom. The molecule has 6 heteroatoms. The van der Waals surface area contributed by atoms with Crippen LogP contribution in [0.15, 0.2) is 6.20 Å². The second kappa shape index (κ2) is 6.15. The van der Waals surface area contributed by atoms with Crippen LogP contribution in [0, 0.1) is 11.3 Å². The zero-order valence-electron chi connectivity index (χ0n) is 14.9. The lowest BCUT2D eigenvalue weighted by Crippen LogP contribution is -2.37. The number of carboxylic acid groups (broad SMARTS) is 1. The molecule has 1 N–H and O–H groups in total. The van der Waals surface area contributed by atoms with Gasteiger partial charge in [0.05, 0.1) is 16.7 Å². The van der Waals surface area contributed by atoms with E-state index in [9.17, 15) is 14.7 Å². The van der Waals surface area contributed by atoms with Crippen LogP contribution < -0.4 is 0 Å². The Hall–Kier alpha value is -1.85. The number of amides is 1. The summed E-state index contributed by atoms with van der Waals surface area (Å²) in [5.41, 5.74) is 0.895. The Balaban J connectivity index is 1.59. The third-order valence-electron chi connectivity index (χ3n) is 6.66. The highest BCUT2D eigenvalue weighted by Gasteiger charge is 2.56. The minimum absolute atomic E-state index is 0.0244. The topological polar surface area (TPSA) is 75.4 Å². The first-order valence-electron chi connectivity index (χ1n) is 9.57. The van der Waals surface area contributed by atoms with E-state index in [1.54, 1.807) is 9.58 Å². The molecule has 0 aromatic carbocycles. The molecule has 1 aliphatic heterocycles. The number of carbonyl (C=O) groups excluding carboxylic acids is 1. The molecule has 4 rings (SSSR count). The van der Waals surface area contributed by atoms with E-state index in [0.717, 1.165) is 31.4 Å². The lowest BCUT2D eigenvalue weighted by atomic mass is 9.81. The first-order chi connectivity index (χ1) is 12.0. The van der Waals surface area contributed by atoms with Gasteiger partial charge >= 0.3 is 5.97 Å². The average Bonchev–Trinajstić information content (AvgIpc) is 3.27. The molecule has 0 radical (unpaired) electrons. The number of hydrogen-bond acceptors (Lipinski definition) is 3. The molecule has 1 aromatic heterocycles. The van der Waals surface area contributed by atoms with Crippen molar-refractivity contribution in [3.63, 3.8) is 0 Å². The predicted molar refractivity (Wildman–Crippen MR) is 92.3 cm³/mol. The number of carboxylic acids is 1. The summed E-state index contributed by atoms with van der Waals surface area (Å²) in [5.74, 6) is -0.291. The maximum absolute atomic E-state index is 13.2. The van der Waals surface area contributed by atoms with Gasteiger partial charge in [-0.1, -0.05) is 25.7 Å². The van der Waals surface area contributed by atoms with Crippen molar-refractivity contribution in [1.82, 2.24) is 14.7 Å². The molecule has 2 heterocycles. The van der Waals surface area contributed by atoms with Crippen molar-refractivity contribution in [3.05, 3.63) is 17.5 Å². The van der Waals surface area contributed by atoms with Crippen LogP contribution in [0.2, 0.25) is 0 Å². The van der Waals surface area contributed by atoms with Gasteiger partial charge < -0.3 is 10.0 Å². The van der Waals surface area contributed by atoms with Crippen molar-refractivity contribution in [2.75, 3.05) is 13.1 Å². The molecule has 136 valence electrons. The van der Waals surface area contributed by atoms with Gasteiger partial charge in [0.25, 0.3) is 5.91 Å². The van der Waals surface area contributed by atoms with Crippen LogP contribution in [0.3, 0.4) is 0 Å². The Labute approximate surface area is 148 Å². The highest BCUT2D eigenvalue weighted by atomic mass is 16.4. The molecule has 1 aromatic rings. The van der Waals surface area contributed by atoms with Gasteiger partial charge in [0.15, 0.2) is 0 Å². The third-order valence-corrected chi connectivity index (χ3v) is 6.66. The summed E-state index contributed by atoms with van der Waals surface area (Å²) in [4.78, 5) is 26.9. The van der Waals surface area contributed by atoms with E-state index in [0.29, 0.717) is 31.0 Å². The highest BCUT2D eigenvalue weighted by Crippen LogP contribution is 2.49. The monoisotopic (exact) mass is 345 g/mol. The van der Waals surface area contributed by atoms with E-state index in [4.69, 9.17) is 0 Å². The third kappa shape index (κ3) is 2.66. The molecule has 2 saturated carbocycles. The van der Waals surface area contributed by atoms with E-state index in [1.165, 1.54) is 19.3 Å². The van der Waals surface area contributed by atoms with Crippen LogP contribution in [0.5, 0.6) is 0 Å². The Kier molecular flexibility index (Phi) is 4.08. The number of rotatable bonds is 3. The normalized spacial score (nSPS) is 29.8. The quantitative estimate of drug-likeness (QED) is 0.914. The number of fused-ring (bicyclic) bond motifs is 1. The fraction of sp³-hybridized carbons (Fsp3) is 0.737. The van der Waals surface area contributed by atoms with Gasteiger partial charge in [0, 0.05) is 32.3 Å². The van der Waals surface area contributed by atoms with Crippen LogP contribution in [-0.2, 0) is 11.8 Å². The summed E-state index contributed by atoms with van der Waals surface area (Å²) in [6.45, 7) is 0.926. The van der Waals surface area contributed by atoms with Gasteiger partial charge in [-0.3, -0.25) is 14.3 Å². The lowest BCUT2D eigenvalue weighted by Gasteiger charge is -2.24. The lowest BCUT2D eigenvalue weighted by molar-refractivity contribution is -0.149. The number of nitrogens with zero attached hydrogens (tertiary/aromatic N) is 3. The van der Waals surface area contributed by atoms with Crippen molar-refractivity contribution < 1.29 is 14.7 Å². The number of hydrogen-bond donors (Lipinski definition) is 1. The fourth-order valence-corrected chi connectivity index (χ4v) is 5.31. The zero-order chi connectivity index (χ0) is 17.6. The Morgan fingerprint density at radius 3 is 2.64 bits per heavy atom. The number of carbonyl (C=O) groups is 2. The largest absolute Gasteiger partial charge is 0.481 e. The van der Waals surface area contributed by atoms with Gasteiger partial charge in [0.2, 0.25) is 0 Å². The molecule has 25 heavy (non-hydrogen) atoms. The highest BCUT2D eigenvalue weighted by molar-refractivity contribution is 5.96. The minimum atomic E-state index is -0.732. The van der Waals surface area contributed by atoms with E-state index >= 15 is 0 Å². The van der Waals surface area contributed by atoms with Crippen LogP contribution in [0.1, 0.15) is 73.3 Å². The maximum atomic E-state index is 13.2. The van der Waals surface area contributed by atoms with Gasteiger partial charge in [-0.2, -0.15) is 5.10 Å². The second-order valence-corrected chi connectivity index (χ2v) is 8.17. The summed E-state index contributed by atoms with van der Waals surface area (Å²) in [6.07, 6.45) is 10.2. The Morgan fingerprint density at radius 2 is 1.96 bits per heavy atom. The maximum Gasteiger partial charge on any atom is 0.311 e. The molecule has 0 spiro atoms. The smallest absolute Gasteiger partial charge is 0.311 e. The van der Waals surface area contributed by atoms with Gasteiger partial charge in [-0.15, -0.1) is 0 Å². The predicted octanol–water partition coefficient (Wildman–Crippen LogP) is 2.79. The molecule has 2 aliphatic carbocycles. The Bertz CT molecular complexity index is 692. The number of likely N-dealkylation sites (tertiary alicyclic amines) is 1. The molecule has 0 bridgehead atoms. The van der Waals surface area contributed by atoms with Crippen LogP contribution in [0.25, 0.3) is 0 Å². The summed E-state index contributed by atoms with van der Waals surface area (Å²) in [6, 6.07) is 0. The summed E-state index contributed by atoms with van der Waals surface area (Å²) >= 11 is 0. The first kappa shape index (κ1) is 16.6. The summed E-state index contributed by atoms with van der Waals surface area (Å²) < 4.78 is 1.74. The molecule has 0 unspecified atom stereocenters. The van der Waals surface area contributed by atoms with Crippen LogP contribution >= 0.6 is 0 Å². The molecule has 1 amide bonds. The van der Waals surface area contributed by atoms with E-state index in [1.807, 2.05) is 13.2 Å². The molecule has 2 atom stereocenters. The van der Waals surface area contributed by atoms with Crippen molar-refractivity contribution >= 4 is 11.9 Å². The second-order valence-electron chi connectivity index (χ2n) is 8.17. The summed E-state index contributed by atoms with van der Waals surface area (Å²) in [7, 11) is 1.86. The molecule has 1 saturated heterocycles. The van der Waals surface area contributed by atoms with Crippen molar-refractivity contribution in [1.29, 1.82) is 0 Å². The number of aliphatic carboxylic acids is 1. The summed E-state index contributed by atoms with van der Waals surface area (Å²) in [5, 5.41) is 14.4. The molecular formula is C19H27N3O3. The molecule has 3 aliphatic rings. The van der Waals surface area contributed by atoms with E-state index < -0.39 is 11.4 Å². The van der Waals surface area contributed by atoms with Crippen LogP contribution in [-0.4, -0.2) is 44.8 Å². The number of aryl methyl sites for hydroxylation is 1. The fourth-order valence-electron chi connectivity index (χ4n) is 5.31. The number of aromatic nitrogens is 2. The van der Waals surface area contributed by atoms with Crippen LogP contribution in [0.4, 0.5) is 0 Å². The van der Waals surface area contributed by atoms with Gasteiger partial charge in [-0.05, 0) is 31.6 Å². The van der Waals surface area contributed by atoms with Crippen molar-refractivity contribution in [2.24, 2.45) is 18.4 Å². The first-order valence-corrected chi connectivity index (χ1v) is 9.57. The minimum Gasteiger partial charge on any atom is -0.481 e.